The summed E-state index contributed by atoms with van der Waals surface area (Å²) in [5, 5.41) is 9.53. The highest BCUT2D eigenvalue weighted by Gasteiger charge is 2.39. The van der Waals surface area contributed by atoms with Gasteiger partial charge in [-0.2, -0.15) is 0 Å². The summed E-state index contributed by atoms with van der Waals surface area (Å²) in [6, 6.07) is 26.8. The third-order valence-corrected chi connectivity index (χ3v) is 9.47. The number of nitrogens with two attached hydrogens (primary N) is 1. The Kier molecular flexibility index (Phi) is 6.94. The lowest BCUT2D eigenvalue weighted by atomic mass is 9.71. The second kappa shape index (κ2) is 10.9. The summed E-state index contributed by atoms with van der Waals surface area (Å²) in [7, 11) is 0. The number of aromatic nitrogens is 4. The second-order valence-electron chi connectivity index (χ2n) is 12.4. The van der Waals surface area contributed by atoms with Crippen LogP contribution < -0.4 is 5.73 Å². The molecular formula is C35H36N6O2. The molecule has 4 heterocycles. The molecule has 3 N–H and O–H groups in total. The van der Waals surface area contributed by atoms with E-state index in [-0.39, 0.29) is 0 Å². The van der Waals surface area contributed by atoms with Crippen LogP contribution in [0.15, 0.2) is 85.1 Å². The second-order valence-corrected chi connectivity index (χ2v) is 12.4. The van der Waals surface area contributed by atoms with Crippen LogP contribution >= 0.6 is 0 Å². The summed E-state index contributed by atoms with van der Waals surface area (Å²) >= 11 is 0. The average Bonchev–Trinajstić information content (AvgIpc) is 3.39. The van der Waals surface area contributed by atoms with Crippen LogP contribution in [0.5, 0.6) is 0 Å². The molecular weight excluding hydrogens is 536 g/mol. The third kappa shape index (κ3) is 5.16. The number of hydrogen-bond donors (Lipinski definition) is 2. The Morgan fingerprint density at radius 3 is 2.40 bits per heavy atom. The summed E-state index contributed by atoms with van der Waals surface area (Å²) in [4.78, 5) is 28.5. The van der Waals surface area contributed by atoms with Crippen molar-refractivity contribution in [2.75, 3.05) is 25.4 Å². The molecule has 43 heavy (non-hydrogen) atoms. The number of fused-ring (bicyclic) bond motifs is 1. The minimum absolute atomic E-state index is 0.430. The maximum atomic E-state index is 11.6. The monoisotopic (exact) mass is 572 g/mol. The van der Waals surface area contributed by atoms with Gasteiger partial charge in [0.05, 0.1) is 16.7 Å². The fraction of sp³-hybridized carbons (Fsp3) is 0.314. The van der Waals surface area contributed by atoms with Gasteiger partial charge in [-0.05, 0) is 80.5 Å². The SMILES string of the molecule is CC1(C(=O)O)CCC(CN2CC(c3ccc(-n4c(-c5cccnc5N)nc5ccc(-c6ccccc6)nc54)cc3)C2)CC1. The lowest BCUT2D eigenvalue weighted by Crippen LogP contribution is -2.48. The van der Waals surface area contributed by atoms with Crippen molar-refractivity contribution in [2.24, 2.45) is 11.3 Å². The van der Waals surface area contributed by atoms with Crippen LogP contribution in [0.1, 0.15) is 44.1 Å². The summed E-state index contributed by atoms with van der Waals surface area (Å²) in [6.45, 7) is 5.05. The summed E-state index contributed by atoms with van der Waals surface area (Å²) in [5.41, 5.74) is 12.4. The van der Waals surface area contributed by atoms with Crippen molar-refractivity contribution in [3.05, 3.63) is 90.6 Å². The van der Waals surface area contributed by atoms with Crippen molar-refractivity contribution in [3.63, 3.8) is 0 Å². The van der Waals surface area contributed by atoms with Crippen LogP contribution in [0.2, 0.25) is 0 Å². The number of rotatable bonds is 7. The van der Waals surface area contributed by atoms with Crippen LogP contribution in [0.25, 0.3) is 39.5 Å². The van der Waals surface area contributed by atoms with Crippen LogP contribution in [0.4, 0.5) is 5.82 Å². The number of aliphatic carboxylic acids is 1. The zero-order chi connectivity index (χ0) is 29.6. The number of imidazole rings is 1. The van der Waals surface area contributed by atoms with E-state index in [1.807, 2.05) is 49.4 Å². The van der Waals surface area contributed by atoms with E-state index < -0.39 is 11.4 Å². The molecule has 1 saturated heterocycles. The molecule has 3 aromatic heterocycles. The number of nitrogen functional groups attached to an aromatic ring is 1. The van der Waals surface area contributed by atoms with Crippen molar-refractivity contribution < 1.29 is 9.90 Å². The van der Waals surface area contributed by atoms with Gasteiger partial charge in [0.15, 0.2) is 11.5 Å². The van der Waals surface area contributed by atoms with Gasteiger partial charge in [0.2, 0.25) is 0 Å². The lowest BCUT2D eigenvalue weighted by molar-refractivity contribution is -0.150. The highest BCUT2D eigenvalue weighted by molar-refractivity contribution is 5.84. The molecule has 2 fully saturated rings. The molecule has 0 radical (unpaired) electrons. The minimum atomic E-state index is -0.648. The topological polar surface area (TPSA) is 110 Å². The first-order valence-corrected chi connectivity index (χ1v) is 15.1. The van der Waals surface area contributed by atoms with Gasteiger partial charge in [-0.15, -0.1) is 0 Å². The number of carboxylic acid groups (broad SMARTS) is 1. The summed E-state index contributed by atoms with van der Waals surface area (Å²) in [5.74, 6) is 1.59. The molecule has 0 bridgehead atoms. The van der Waals surface area contributed by atoms with E-state index in [1.165, 1.54) is 5.56 Å². The molecule has 8 nitrogen and oxygen atoms in total. The largest absolute Gasteiger partial charge is 0.481 e. The Hall–Kier alpha value is -4.56. The normalized spacial score (nSPS) is 21.1. The Balaban J connectivity index is 1.13. The number of carboxylic acids is 1. The molecule has 1 aliphatic heterocycles. The fourth-order valence-corrected chi connectivity index (χ4v) is 6.66. The smallest absolute Gasteiger partial charge is 0.309 e. The van der Waals surface area contributed by atoms with Crippen molar-refractivity contribution >= 4 is 23.0 Å². The molecule has 8 heteroatoms. The summed E-state index contributed by atoms with van der Waals surface area (Å²) < 4.78 is 2.08. The maximum Gasteiger partial charge on any atom is 0.309 e. The fourth-order valence-electron chi connectivity index (χ4n) is 6.66. The van der Waals surface area contributed by atoms with E-state index >= 15 is 0 Å². The molecule has 0 amide bonds. The summed E-state index contributed by atoms with van der Waals surface area (Å²) in [6.07, 6.45) is 5.25. The quantitative estimate of drug-likeness (QED) is 0.232. The van der Waals surface area contributed by atoms with Gasteiger partial charge >= 0.3 is 5.97 Å². The lowest BCUT2D eigenvalue weighted by Gasteiger charge is -2.43. The Morgan fingerprint density at radius 2 is 1.70 bits per heavy atom. The predicted octanol–water partition coefficient (Wildman–Crippen LogP) is 6.41. The molecule has 1 aliphatic carbocycles. The molecule has 5 aromatic rings. The highest BCUT2D eigenvalue weighted by Crippen LogP contribution is 2.40. The number of pyridine rings is 2. The van der Waals surface area contributed by atoms with E-state index in [1.54, 1.807) is 6.20 Å². The molecule has 0 unspecified atom stereocenters. The van der Waals surface area contributed by atoms with E-state index in [4.69, 9.17) is 15.7 Å². The van der Waals surface area contributed by atoms with E-state index in [0.29, 0.717) is 23.5 Å². The van der Waals surface area contributed by atoms with Crippen LogP contribution in [0.3, 0.4) is 0 Å². The molecule has 2 aromatic carbocycles. The van der Waals surface area contributed by atoms with E-state index in [9.17, 15) is 9.90 Å². The van der Waals surface area contributed by atoms with Crippen LogP contribution in [0, 0.1) is 11.3 Å². The van der Waals surface area contributed by atoms with Gasteiger partial charge in [-0.1, -0.05) is 42.5 Å². The Morgan fingerprint density at radius 1 is 0.953 bits per heavy atom. The van der Waals surface area contributed by atoms with E-state index in [2.05, 4.69) is 50.8 Å². The number of benzene rings is 2. The van der Waals surface area contributed by atoms with Gasteiger partial charge < -0.3 is 15.7 Å². The molecule has 7 rings (SSSR count). The predicted molar refractivity (Wildman–Crippen MR) is 169 cm³/mol. The number of nitrogens with zero attached hydrogens (tertiary/aromatic N) is 5. The van der Waals surface area contributed by atoms with Crippen molar-refractivity contribution in [1.29, 1.82) is 0 Å². The van der Waals surface area contributed by atoms with E-state index in [0.717, 1.165) is 79.0 Å². The zero-order valence-electron chi connectivity index (χ0n) is 24.4. The third-order valence-electron chi connectivity index (χ3n) is 9.47. The first-order chi connectivity index (χ1) is 20.9. The van der Waals surface area contributed by atoms with Crippen molar-refractivity contribution in [3.8, 4) is 28.3 Å². The van der Waals surface area contributed by atoms with Gasteiger partial charge in [-0.25, -0.2) is 15.0 Å². The standard InChI is InChI=1S/C35H36N6O2/c1-35(34(42)43)17-15-23(16-18-35)20-40-21-26(22-40)24-9-11-27(12-10-24)41-32(28-8-5-19-37-31(28)36)39-30-14-13-29(38-33(30)41)25-6-3-2-4-7-25/h2-14,19,23,26H,15-18,20-22H2,1H3,(H2,36,37)(H,42,43). The van der Waals surface area contributed by atoms with Crippen molar-refractivity contribution in [1.82, 2.24) is 24.4 Å². The van der Waals surface area contributed by atoms with Gasteiger partial charge in [-0.3, -0.25) is 9.36 Å². The number of likely N-dealkylation sites (tertiary alicyclic amines) is 1. The number of hydrogen-bond acceptors (Lipinski definition) is 6. The van der Waals surface area contributed by atoms with Gasteiger partial charge in [0.25, 0.3) is 0 Å². The highest BCUT2D eigenvalue weighted by atomic mass is 16.4. The minimum Gasteiger partial charge on any atom is -0.481 e. The Labute approximate surface area is 251 Å². The van der Waals surface area contributed by atoms with Crippen LogP contribution in [-0.4, -0.2) is 55.1 Å². The Bertz CT molecular complexity index is 1770. The molecule has 218 valence electrons. The van der Waals surface area contributed by atoms with Gasteiger partial charge in [0, 0.05) is 43.0 Å². The average molecular weight is 573 g/mol. The zero-order valence-corrected chi connectivity index (χ0v) is 24.4. The molecule has 2 aliphatic rings. The first-order valence-electron chi connectivity index (χ1n) is 15.1. The van der Waals surface area contributed by atoms with Crippen molar-refractivity contribution in [2.45, 2.75) is 38.5 Å². The number of anilines is 1. The first kappa shape index (κ1) is 27.3. The molecule has 0 spiro atoms. The number of carbonyl (C=O) groups is 1. The van der Waals surface area contributed by atoms with Crippen LogP contribution in [-0.2, 0) is 4.79 Å². The molecule has 0 atom stereocenters. The maximum absolute atomic E-state index is 11.6. The molecule has 1 saturated carbocycles. The van der Waals surface area contributed by atoms with Gasteiger partial charge in [0.1, 0.15) is 11.3 Å².